The number of aliphatic hydroxyl groups is 3. The maximum absolute atomic E-state index is 9.08. The Morgan fingerprint density at radius 2 is 2.00 bits per heavy atom. The van der Waals surface area contributed by atoms with Gasteiger partial charge in [-0.3, -0.25) is 0 Å². The third kappa shape index (κ3) is 1.58. The lowest BCUT2D eigenvalue weighted by Crippen LogP contribution is -2.33. The molecule has 0 aromatic rings. The van der Waals surface area contributed by atoms with Crippen LogP contribution in [0.15, 0.2) is 10.6 Å². The second-order valence-corrected chi connectivity index (χ2v) is 3.28. The van der Waals surface area contributed by atoms with E-state index in [4.69, 9.17) is 15.3 Å². The highest BCUT2D eigenvalue weighted by Crippen LogP contribution is 2.23. The van der Waals surface area contributed by atoms with E-state index in [0.717, 1.165) is 0 Å². The van der Waals surface area contributed by atoms with Crippen molar-refractivity contribution in [1.82, 2.24) is 0 Å². The monoisotopic (exact) mass is 208 g/mol. The molecule has 1 aliphatic rings. The van der Waals surface area contributed by atoms with Gasteiger partial charge in [-0.05, 0) is 6.08 Å². The quantitative estimate of drug-likeness (QED) is 0.515. The Bertz CT molecular complexity index is 157. The van der Waals surface area contributed by atoms with Crippen LogP contribution in [-0.2, 0) is 0 Å². The Morgan fingerprint density at radius 3 is 2.50 bits per heavy atom. The van der Waals surface area contributed by atoms with Crippen molar-refractivity contribution < 1.29 is 15.3 Å². The molecule has 3 nitrogen and oxygen atoms in total. The van der Waals surface area contributed by atoms with Crippen LogP contribution in [-0.4, -0.2) is 33.6 Å². The largest absolute Gasteiger partial charge is 0.390 e. The van der Waals surface area contributed by atoms with Gasteiger partial charge in [0.25, 0.3) is 0 Å². The smallest absolute Gasteiger partial charge is 0.0992 e. The first-order chi connectivity index (χ1) is 4.61. The normalized spacial score (nSPS) is 41.2. The number of halogens is 1. The van der Waals surface area contributed by atoms with E-state index in [1.165, 1.54) is 6.08 Å². The summed E-state index contributed by atoms with van der Waals surface area (Å²) in [5.41, 5.74) is 0. The summed E-state index contributed by atoms with van der Waals surface area (Å²) in [5, 5.41) is 27.1. The Balaban J connectivity index is 2.69. The average molecular weight is 209 g/mol. The lowest BCUT2D eigenvalue weighted by atomic mass is 10.00. The fourth-order valence-corrected chi connectivity index (χ4v) is 1.32. The summed E-state index contributed by atoms with van der Waals surface area (Å²) in [7, 11) is 0. The zero-order valence-corrected chi connectivity index (χ0v) is 6.82. The summed E-state index contributed by atoms with van der Waals surface area (Å²) in [6.07, 6.45) is -0.760. The second-order valence-electron chi connectivity index (χ2n) is 2.36. The second kappa shape index (κ2) is 3.00. The predicted molar refractivity (Wildman–Crippen MR) is 39.6 cm³/mol. The molecular weight excluding hydrogens is 200 g/mol. The molecule has 0 radical (unpaired) electrons. The van der Waals surface area contributed by atoms with E-state index < -0.39 is 18.3 Å². The molecule has 1 aliphatic carbocycles. The minimum atomic E-state index is -0.849. The molecule has 0 bridgehead atoms. The van der Waals surface area contributed by atoms with Crippen LogP contribution in [0.3, 0.4) is 0 Å². The first-order valence-electron chi connectivity index (χ1n) is 3.02. The Hall–Kier alpha value is 0.100. The number of rotatable bonds is 0. The highest BCUT2D eigenvalue weighted by atomic mass is 79.9. The molecule has 4 heteroatoms. The molecule has 1 rings (SSSR count). The molecule has 0 aliphatic heterocycles. The topological polar surface area (TPSA) is 60.7 Å². The fraction of sp³-hybridized carbons (Fsp3) is 0.667. The molecule has 0 unspecified atom stereocenters. The first kappa shape index (κ1) is 8.20. The zero-order valence-electron chi connectivity index (χ0n) is 5.24. The molecular formula is C6H9BrO3. The third-order valence-electron chi connectivity index (χ3n) is 1.51. The van der Waals surface area contributed by atoms with E-state index >= 15 is 0 Å². The predicted octanol–water partition coefficient (Wildman–Crippen LogP) is -0.248. The van der Waals surface area contributed by atoms with Gasteiger partial charge in [-0.1, -0.05) is 15.9 Å². The van der Waals surface area contributed by atoms with Crippen molar-refractivity contribution in [3.8, 4) is 0 Å². The maximum Gasteiger partial charge on any atom is 0.0992 e. The van der Waals surface area contributed by atoms with E-state index in [1.807, 2.05) is 0 Å². The molecule has 3 atom stereocenters. The minimum absolute atomic E-state index is 0.193. The van der Waals surface area contributed by atoms with Crippen LogP contribution < -0.4 is 0 Å². The summed E-state index contributed by atoms with van der Waals surface area (Å²) in [6.45, 7) is 0. The van der Waals surface area contributed by atoms with Gasteiger partial charge in [0.15, 0.2) is 0 Å². The molecule has 0 amide bonds. The van der Waals surface area contributed by atoms with Gasteiger partial charge in [0.2, 0.25) is 0 Å². The fourth-order valence-electron chi connectivity index (χ4n) is 0.866. The highest BCUT2D eigenvalue weighted by molar-refractivity contribution is 9.11. The van der Waals surface area contributed by atoms with Gasteiger partial charge < -0.3 is 15.3 Å². The van der Waals surface area contributed by atoms with Gasteiger partial charge in [0.05, 0.1) is 18.3 Å². The maximum atomic E-state index is 9.08. The lowest BCUT2D eigenvalue weighted by Gasteiger charge is -2.24. The van der Waals surface area contributed by atoms with Gasteiger partial charge in [0.1, 0.15) is 0 Å². The van der Waals surface area contributed by atoms with Crippen molar-refractivity contribution in [1.29, 1.82) is 0 Å². The zero-order chi connectivity index (χ0) is 7.72. The SMILES string of the molecule is O[C@@H]1C[C@H](O)[C@H](O)C=C1Br. The molecule has 0 saturated carbocycles. The molecule has 58 valence electrons. The van der Waals surface area contributed by atoms with Gasteiger partial charge in [-0.2, -0.15) is 0 Å². The van der Waals surface area contributed by atoms with Gasteiger partial charge in [0, 0.05) is 10.9 Å². The minimum Gasteiger partial charge on any atom is -0.390 e. The van der Waals surface area contributed by atoms with Crippen LogP contribution in [0.4, 0.5) is 0 Å². The van der Waals surface area contributed by atoms with Gasteiger partial charge in [-0.25, -0.2) is 0 Å². The summed E-state index contributed by atoms with van der Waals surface area (Å²) in [5.74, 6) is 0. The third-order valence-corrected chi connectivity index (χ3v) is 2.30. The van der Waals surface area contributed by atoms with Crippen LogP contribution in [0.1, 0.15) is 6.42 Å². The Kier molecular flexibility index (Phi) is 2.46. The summed E-state index contributed by atoms with van der Waals surface area (Å²) in [4.78, 5) is 0. The van der Waals surface area contributed by atoms with Crippen molar-refractivity contribution in [2.24, 2.45) is 0 Å². The first-order valence-corrected chi connectivity index (χ1v) is 3.82. The average Bonchev–Trinajstić information content (AvgIpc) is 1.84. The molecule has 0 fully saturated rings. The molecule has 10 heavy (non-hydrogen) atoms. The molecule has 3 N–H and O–H groups in total. The number of hydrogen-bond donors (Lipinski definition) is 3. The summed E-state index contributed by atoms with van der Waals surface area (Å²) < 4.78 is 0.547. The van der Waals surface area contributed by atoms with Crippen LogP contribution in [0, 0.1) is 0 Å². The Labute approximate surface area is 67.1 Å². The van der Waals surface area contributed by atoms with E-state index in [2.05, 4.69) is 15.9 Å². The standard InChI is InChI=1S/C6H9BrO3/c7-3-1-5(9)6(10)2-4(3)8/h1,4-6,8-10H,2H2/t4-,5-,6+/m1/s1. The Morgan fingerprint density at radius 1 is 1.40 bits per heavy atom. The summed E-state index contributed by atoms with van der Waals surface area (Å²) >= 11 is 3.06. The van der Waals surface area contributed by atoms with E-state index in [-0.39, 0.29) is 6.42 Å². The van der Waals surface area contributed by atoms with Crippen molar-refractivity contribution in [3.05, 3.63) is 10.6 Å². The molecule has 0 saturated heterocycles. The van der Waals surface area contributed by atoms with Crippen LogP contribution >= 0.6 is 15.9 Å². The van der Waals surface area contributed by atoms with E-state index in [1.54, 1.807) is 0 Å². The molecule has 0 heterocycles. The van der Waals surface area contributed by atoms with Crippen molar-refractivity contribution in [2.45, 2.75) is 24.7 Å². The number of hydrogen-bond acceptors (Lipinski definition) is 3. The summed E-state index contributed by atoms with van der Waals surface area (Å²) in [6, 6.07) is 0. The van der Waals surface area contributed by atoms with Crippen molar-refractivity contribution in [2.75, 3.05) is 0 Å². The molecule has 0 aromatic carbocycles. The van der Waals surface area contributed by atoms with Crippen LogP contribution in [0.25, 0.3) is 0 Å². The molecule has 0 spiro atoms. The van der Waals surface area contributed by atoms with Crippen molar-refractivity contribution in [3.63, 3.8) is 0 Å². The van der Waals surface area contributed by atoms with Crippen LogP contribution in [0.2, 0.25) is 0 Å². The van der Waals surface area contributed by atoms with E-state index in [9.17, 15) is 0 Å². The lowest BCUT2D eigenvalue weighted by molar-refractivity contribution is 0.00912. The van der Waals surface area contributed by atoms with Crippen LogP contribution in [0.5, 0.6) is 0 Å². The number of aliphatic hydroxyl groups excluding tert-OH is 3. The van der Waals surface area contributed by atoms with E-state index in [0.29, 0.717) is 4.48 Å². The van der Waals surface area contributed by atoms with Crippen molar-refractivity contribution >= 4 is 15.9 Å². The van der Waals surface area contributed by atoms with Gasteiger partial charge in [-0.15, -0.1) is 0 Å². The highest BCUT2D eigenvalue weighted by Gasteiger charge is 2.25. The van der Waals surface area contributed by atoms with Gasteiger partial charge >= 0.3 is 0 Å². The molecule has 0 aromatic heterocycles.